The topological polar surface area (TPSA) is 119 Å². The Hall–Kier alpha value is -2.55. The van der Waals surface area contributed by atoms with Crippen molar-refractivity contribution in [1.82, 2.24) is 5.43 Å². The highest BCUT2D eigenvalue weighted by atomic mass is 32.2. The second-order valence-electron chi connectivity index (χ2n) is 5.03. The van der Waals surface area contributed by atoms with E-state index >= 15 is 0 Å². The van der Waals surface area contributed by atoms with Gasteiger partial charge in [-0.25, -0.2) is 13.8 Å². The molecule has 0 aromatic heterocycles. The van der Waals surface area contributed by atoms with Gasteiger partial charge in [-0.3, -0.25) is 14.9 Å². The molecule has 1 amide bonds. The molecule has 1 N–H and O–H groups in total. The van der Waals surface area contributed by atoms with E-state index in [-0.39, 0.29) is 17.2 Å². The van der Waals surface area contributed by atoms with Gasteiger partial charge in [-0.05, 0) is 24.6 Å². The zero-order chi connectivity index (χ0) is 16.9. The van der Waals surface area contributed by atoms with Gasteiger partial charge in [0.1, 0.15) is 0 Å². The van der Waals surface area contributed by atoms with Gasteiger partial charge in [0.25, 0.3) is 5.69 Å². The molecule has 0 unspecified atom stereocenters. The number of rotatable bonds is 5. The number of hydrogen-bond acceptors (Lipinski definition) is 6. The van der Waals surface area contributed by atoms with Crippen LogP contribution in [0.2, 0.25) is 0 Å². The summed E-state index contributed by atoms with van der Waals surface area (Å²) in [5.74, 6) is -1.15. The van der Waals surface area contributed by atoms with Gasteiger partial charge in [0.2, 0.25) is 5.91 Å². The summed E-state index contributed by atoms with van der Waals surface area (Å²) in [5.41, 5.74) is 2.65. The SMILES string of the molecule is O=C(N/N=C\C=C\c1ccccc1[N+](=O)[O-])[C@@H]1CCS(=O)(=O)C1. The number of nitrogens with one attached hydrogen (secondary N) is 1. The van der Waals surface area contributed by atoms with Crippen LogP contribution in [0.4, 0.5) is 5.69 Å². The Balaban J connectivity index is 1.90. The Morgan fingerprint density at radius 2 is 2.13 bits per heavy atom. The largest absolute Gasteiger partial charge is 0.276 e. The van der Waals surface area contributed by atoms with E-state index in [4.69, 9.17) is 0 Å². The molecule has 1 aromatic carbocycles. The highest BCUT2D eigenvalue weighted by Gasteiger charge is 2.32. The van der Waals surface area contributed by atoms with Crippen molar-refractivity contribution in [3.8, 4) is 0 Å². The number of para-hydroxylation sites is 1. The normalized spacial score (nSPS) is 20.1. The van der Waals surface area contributed by atoms with E-state index in [2.05, 4.69) is 10.5 Å². The number of sulfone groups is 1. The number of hydrogen-bond donors (Lipinski definition) is 1. The van der Waals surface area contributed by atoms with Crippen molar-refractivity contribution in [2.24, 2.45) is 11.0 Å². The molecule has 9 heteroatoms. The molecule has 1 fully saturated rings. The van der Waals surface area contributed by atoms with Gasteiger partial charge < -0.3 is 0 Å². The molecule has 23 heavy (non-hydrogen) atoms. The number of nitro groups is 1. The molecule has 0 radical (unpaired) electrons. The Bertz CT molecular complexity index is 770. The summed E-state index contributed by atoms with van der Waals surface area (Å²) >= 11 is 0. The standard InChI is InChI=1S/C14H15N3O5S/c18-14(12-7-9-23(21,22)10-12)16-15-8-3-5-11-4-1-2-6-13(11)17(19)20/h1-6,8,12H,7,9-10H2,(H,16,18)/b5-3+,15-8-/t12-/m1/s1. The second kappa shape index (κ2) is 7.14. The van der Waals surface area contributed by atoms with Gasteiger partial charge in [0, 0.05) is 12.3 Å². The summed E-state index contributed by atoms with van der Waals surface area (Å²) in [4.78, 5) is 22.1. The molecule has 8 nitrogen and oxygen atoms in total. The third kappa shape index (κ3) is 4.71. The van der Waals surface area contributed by atoms with E-state index in [0.717, 1.165) is 0 Å². The highest BCUT2D eigenvalue weighted by Crippen LogP contribution is 2.19. The lowest BCUT2D eigenvalue weighted by Gasteiger charge is -2.03. The average molecular weight is 337 g/mol. The summed E-state index contributed by atoms with van der Waals surface area (Å²) in [6, 6.07) is 6.22. The Kier molecular flexibility index (Phi) is 5.22. The number of allylic oxidation sites excluding steroid dienone is 1. The quantitative estimate of drug-likeness (QED) is 0.491. The predicted molar refractivity (Wildman–Crippen MR) is 85.5 cm³/mol. The fourth-order valence-corrected chi connectivity index (χ4v) is 3.92. The van der Waals surface area contributed by atoms with Crippen LogP contribution in [0.1, 0.15) is 12.0 Å². The monoisotopic (exact) mass is 337 g/mol. The molecule has 1 atom stereocenters. The zero-order valence-electron chi connectivity index (χ0n) is 12.1. The van der Waals surface area contributed by atoms with Crippen LogP contribution in [0, 0.1) is 16.0 Å². The Morgan fingerprint density at radius 1 is 1.39 bits per heavy atom. The van der Waals surface area contributed by atoms with Crippen LogP contribution >= 0.6 is 0 Å². The number of nitro benzene ring substituents is 1. The van der Waals surface area contributed by atoms with E-state index < -0.39 is 26.6 Å². The molecular formula is C14H15N3O5S. The number of carbonyl (C=O) groups excluding carboxylic acids is 1. The first-order chi connectivity index (χ1) is 10.9. The van der Waals surface area contributed by atoms with E-state index in [1.54, 1.807) is 18.2 Å². The summed E-state index contributed by atoms with van der Waals surface area (Å²) in [6.07, 6.45) is 4.52. The first-order valence-corrected chi connectivity index (χ1v) is 8.64. The molecule has 1 aromatic rings. The first-order valence-electron chi connectivity index (χ1n) is 6.82. The third-order valence-corrected chi connectivity index (χ3v) is 5.12. The minimum Gasteiger partial charge on any atom is -0.273 e. The molecule has 0 spiro atoms. The lowest BCUT2D eigenvalue weighted by molar-refractivity contribution is -0.385. The molecule has 0 bridgehead atoms. The van der Waals surface area contributed by atoms with Crippen molar-refractivity contribution in [1.29, 1.82) is 0 Å². The fourth-order valence-electron chi connectivity index (χ4n) is 2.18. The van der Waals surface area contributed by atoms with E-state index in [9.17, 15) is 23.3 Å². The predicted octanol–water partition coefficient (Wildman–Crippen LogP) is 1.14. The van der Waals surface area contributed by atoms with Crippen LogP contribution in [0.15, 0.2) is 35.4 Å². The van der Waals surface area contributed by atoms with Crippen molar-refractivity contribution in [2.75, 3.05) is 11.5 Å². The van der Waals surface area contributed by atoms with Crippen LogP contribution in [0.3, 0.4) is 0 Å². The number of carbonyl (C=O) groups is 1. The molecule has 0 aliphatic carbocycles. The highest BCUT2D eigenvalue weighted by molar-refractivity contribution is 7.91. The van der Waals surface area contributed by atoms with Gasteiger partial charge >= 0.3 is 0 Å². The van der Waals surface area contributed by atoms with Crippen molar-refractivity contribution in [3.05, 3.63) is 46.0 Å². The lowest BCUT2D eigenvalue weighted by Crippen LogP contribution is -2.27. The molecule has 0 saturated carbocycles. The maximum Gasteiger partial charge on any atom is 0.276 e. The average Bonchev–Trinajstić information content (AvgIpc) is 2.87. The molecular weight excluding hydrogens is 322 g/mol. The molecule has 1 aliphatic rings. The molecule has 1 heterocycles. The minimum atomic E-state index is -3.12. The number of amides is 1. The van der Waals surface area contributed by atoms with E-state index in [0.29, 0.717) is 12.0 Å². The molecule has 2 rings (SSSR count). The van der Waals surface area contributed by atoms with Gasteiger partial charge in [0.05, 0.1) is 27.9 Å². The van der Waals surface area contributed by atoms with Crippen molar-refractivity contribution >= 4 is 33.7 Å². The van der Waals surface area contributed by atoms with Gasteiger partial charge in [-0.2, -0.15) is 5.10 Å². The third-order valence-electron chi connectivity index (χ3n) is 3.35. The first kappa shape index (κ1) is 16.8. The second-order valence-corrected chi connectivity index (χ2v) is 7.26. The number of hydrazone groups is 1. The molecule has 122 valence electrons. The maximum absolute atomic E-state index is 11.7. The maximum atomic E-state index is 11.7. The Labute approximate surface area is 133 Å². The van der Waals surface area contributed by atoms with Crippen LogP contribution in [-0.4, -0.2) is 37.0 Å². The number of nitrogens with zero attached hydrogens (tertiary/aromatic N) is 2. The number of benzene rings is 1. The molecule has 1 aliphatic heterocycles. The zero-order valence-corrected chi connectivity index (χ0v) is 12.9. The van der Waals surface area contributed by atoms with Crippen LogP contribution in [0.5, 0.6) is 0 Å². The van der Waals surface area contributed by atoms with E-state index in [1.807, 2.05) is 0 Å². The minimum absolute atomic E-state index is 0.0202. The Morgan fingerprint density at radius 3 is 2.78 bits per heavy atom. The van der Waals surface area contributed by atoms with Crippen LogP contribution < -0.4 is 5.43 Å². The summed E-state index contributed by atoms with van der Waals surface area (Å²) in [5, 5.41) is 14.5. The lowest BCUT2D eigenvalue weighted by atomic mass is 10.1. The van der Waals surface area contributed by atoms with Gasteiger partial charge in [-0.15, -0.1) is 0 Å². The summed E-state index contributed by atoms with van der Waals surface area (Å²) in [7, 11) is -3.12. The van der Waals surface area contributed by atoms with Gasteiger partial charge in [-0.1, -0.05) is 12.1 Å². The summed E-state index contributed by atoms with van der Waals surface area (Å²) < 4.78 is 22.6. The smallest absolute Gasteiger partial charge is 0.273 e. The van der Waals surface area contributed by atoms with E-state index in [1.165, 1.54) is 24.4 Å². The summed E-state index contributed by atoms with van der Waals surface area (Å²) in [6.45, 7) is 0. The van der Waals surface area contributed by atoms with Crippen LogP contribution in [0.25, 0.3) is 6.08 Å². The van der Waals surface area contributed by atoms with Crippen molar-refractivity contribution < 1.29 is 18.1 Å². The van der Waals surface area contributed by atoms with Crippen molar-refractivity contribution in [3.63, 3.8) is 0 Å². The van der Waals surface area contributed by atoms with Crippen LogP contribution in [-0.2, 0) is 14.6 Å². The van der Waals surface area contributed by atoms with Gasteiger partial charge in [0.15, 0.2) is 9.84 Å². The fraction of sp³-hybridized carbons (Fsp3) is 0.286. The molecule has 1 saturated heterocycles. The van der Waals surface area contributed by atoms with Crippen molar-refractivity contribution in [2.45, 2.75) is 6.42 Å².